The van der Waals surface area contributed by atoms with E-state index < -0.39 is 0 Å². The number of para-hydroxylation sites is 2. The highest BCUT2D eigenvalue weighted by Gasteiger charge is 2.24. The SMILES string of the molecule is CCOc1ccccc1N1CCN(CC(=O)N(C)C(C)c2ccc(F)cc2)CC1. The van der Waals surface area contributed by atoms with Gasteiger partial charge in [-0.2, -0.15) is 0 Å². The third kappa shape index (κ3) is 5.26. The van der Waals surface area contributed by atoms with Crippen LogP contribution in [0.3, 0.4) is 0 Å². The quantitative estimate of drug-likeness (QED) is 0.713. The first-order chi connectivity index (χ1) is 14.0. The van der Waals surface area contributed by atoms with Gasteiger partial charge in [0.15, 0.2) is 0 Å². The Morgan fingerprint density at radius 3 is 2.41 bits per heavy atom. The third-order valence-electron chi connectivity index (χ3n) is 5.56. The monoisotopic (exact) mass is 399 g/mol. The molecule has 2 aromatic rings. The van der Waals surface area contributed by atoms with Crippen molar-refractivity contribution in [3.63, 3.8) is 0 Å². The molecular formula is C23H30FN3O2. The maximum Gasteiger partial charge on any atom is 0.236 e. The molecule has 1 saturated heterocycles. The third-order valence-corrected chi connectivity index (χ3v) is 5.56. The molecule has 6 heteroatoms. The Morgan fingerprint density at radius 1 is 1.10 bits per heavy atom. The number of carbonyl (C=O) groups excluding carboxylic acids is 1. The Kier molecular flexibility index (Phi) is 7.09. The molecule has 0 N–H and O–H groups in total. The number of amides is 1. The van der Waals surface area contributed by atoms with E-state index in [1.165, 1.54) is 12.1 Å². The zero-order valence-corrected chi connectivity index (χ0v) is 17.5. The zero-order valence-electron chi connectivity index (χ0n) is 17.5. The number of anilines is 1. The predicted molar refractivity (Wildman–Crippen MR) is 114 cm³/mol. The van der Waals surface area contributed by atoms with Crippen LogP contribution in [0.1, 0.15) is 25.5 Å². The summed E-state index contributed by atoms with van der Waals surface area (Å²) in [5.41, 5.74) is 2.04. The van der Waals surface area contributed by atoms with Gasteiger partial charge < -0.3 is 14.5 Å². The first kappa shape index (κ1) is 21.1. The second kappa shape index (κ2) is 9.74. The molecule has 0 aliphatic carbocycles. The van der Waals surface area contributed by atoms with Crippen LogP contribution in [0.25, 0.3) is 0 Å². The lowest BCUT2D eigenvalue weighted by atomic mass is 10.1. The number of rotatable bonds is 7. The van der Waals surface area contributed by atoms with Gasteiger partial charge in [-0.05, 0) is 43.7 Å². The molecule has 0 bridgehead atoms. The molecule has 156 valence electrons. The lowest BCUT2D eigenvalue weighted by molar-refractivity contribution is -0.133. The smallest absolute Gasteiger partial charge is 0.236 e. The van der Waals surface area contributed by atoms with Crippen LogP contribution in [0.15, 0.2) is 48.5 Å². The van der Waals surface area contributed by atoms with Crippen molar-refractivity contribution >= 4 is 11.6 Å². The van der Waals surface area contributed by atoms with Crippen molar-refractivity contribution in [3.05, 3.63) is 59.9 Å². The molecule has 0 aromatic heterocycles. The Balaban J connectivity index is 1.53. The van der Waals surface area contributed by atoms with E-state index in [1.54, 1.807) is 17.0 Å². The average Bonchev–Trinajstić information content (AvgIpc) is 2.74. The fourth-order valence-corrected chi connectivity index (χ4v) is 3.63. The van der Waals surface area contributed by atoms with Gasteiger partial charge >= 0.3 is 0 Å². The summed E-state index contributed by atoms with van der Waals surface area (Å²) in [5, 5.41) is 0. The second-order valence-electron chi connectivity index (χ2n) is 7.40. The van der Waals surface area contributed by atoms with Crippen LogP contribution in [-0.2, 0) is 4.79 Å². The Bertz CT molecular complexity index is 804. The Hall–Kier alpha value is -2.60. The summed E-state index contributed by atoms with van der Waals surface area (Å²) in [7, 11) is 1.81. The molecule has 0 spiro atoms. The number of piperazine rings is 1. The van der Waals surface area contributed by atoms with E-state index >= 15 is 0 Å². The van der Waals surface area contributed by atoms with Gasteiger partial charge in [-0.25, -0.2) is 4.39 Å². The molecule has 1 aliphatic heterocycles. The van der Waals surface area contributed by atoms with Crippen LogP contribution < -0.4 is 9.64 Å². The number of hydrogen-bond donors (Lipinski definition) is 0. The molecule has 1 atom stereocenters. The number of ether oxygens (including phenoxy) is 1. The fraction of sp³-hybridized carbons (Fsp3) is 0.435. The average molecular weight is 400 g/mol. The van der Waals surface area contributed by atoms with E-state index in [-0.39, 0.29) is 17.8 Å². The standard InChI is InChI=1S/C23H30FN3O2/c1-4-29-22-8-6-5-7-21(22)27-15-13-26(14-16-27)17-23(28)25(3)18(2)19-9-11-20(24)12-10-19/h5-12,18H,4,13-17H2,1-3H3. The van der Waals surface area contributed by atoms with Crippen molar-refractivity contribution in [2.45, 2.75) is 19.9 Å². The van der Waals surface area contributed by atoms with Crippen molar-refractivity contribution in [1.82, 2.24) is 9.80 Å². The maximum atomic E-state index is 13.1. The molecular weight excluding hydrogens is 369 g/mol. The lowest BCUT2D eigenvalue weighted by Gasteiger charge is -2.37. The van der Waals surface area contributed by atoms with Crippen molar-refractivity contribution in [3.8, 4) is 5.75 Å². The Morgan fingerprint density at radius 2 is 1.76 bits per heavy atom. The minimum Gasteiger partial charge on any atom is -0.492 e. The van der Waals surface area contributed by atoms with Crippen LogP contribution in [0, 0.1) is 5.82 Å². The van der Waals surface area contributed by atoms with E-state index in [1.807, 2.05) is 39.1 Å². The summed E-state index contributed by atoms with van der Waals surface area (Å²) < 4.78 is 18.9. The number of benzene rings is 2. The van der Waals surface area contributed by atoms with Gasteiger partial charge in [0, 0.05) is 33.2 Å². The number of carbonyl (C=O) groups is 1. The largest absolute Gasteiger partial charge is 0.492 e. The van der Waals surface area contributed by atoms with Crippen LogP contribution in [-0.4, -0.2) is 62.1 Å². The van der Waals surface area contributed by atoms with Gasteiger partial charge in [0.25, 0.3) is 0 Å². The van der Waals surface area contributed by atoms with Crippen molar-refractivity contribution < 1.29 is 13.9 Å². The van der Waals surface area contributed by atoms with Gasteiger partial charge in [-0.1, -0.05) is 24.3 Å². The molecule has 0 saturated carbocycles. The number of nitrogens with zero attached hydrogens (tertiary/aromatic N) is 3. The first-order valence-electron chi connectivity index (χ1n) is 10.2. The molecule has 29 heavy (non-hydrogen) atoms. The summed E-state index contributed by atoms with van der Waals surface area (Å²) in [5.74, 6) is 0.719. The number of halogens is 1. The minimum atomic E-state index is -0.265. The molecule has 5 nitrogen and oxygen atoms in total. The summed E-state index contributed by atoms with van der Waals surface area (Å²) in [6, 6.07) is 14.3. The van der Waals surface area contributed by atoms with E-state index in [0.29, 0.717) is 13.2 Å². The molecule has 1 amide bonds. The van der Waals surface area contributed by atoms with Gasteiger partial charge in [0.05, 0.1) is 24.9 Å². The van der Waals surface area contributed by atoms with Crippen LogP contribution in [0.5, 0.6) is 5.75 Å². The number of hydrogen-bond acceptors (Lipinski definition) is 4. The van der Waals surface area contributed by atoms with Gasteiger partial charge in [0.2, 0.25) is 5.91 Å². The molecule has 1 fully saturated rings. The highest BCUT2D eigenvalue weighted by molar-refractivity contribution is 5.78. The fourth-order valence-electron chi connectivity index (χ4n) is 3.63. The zero-order chi connectivity index (χ0) is 20.8. The maximum absolute atomic E-state index is 13.1. The first-order valence-corrected chi connectivity index (χ1v) is 10.2. The predicted octanol–water partition coefficient (Wildman–Crippen LogP) is 3.57. The minimum absolute atomic E-state index is 0.0741. The van der Waals surface area contributed by atoms with Gasteiger partial charge in [-0.3, -0.25) is 9.69 Å². The van der Waals surface area contributed by atoms with Crippen LogP contribution >= 0.6 is 0 Å². The van der Waals surface area contributed by atoms with Crippen LogP contribution in [0.2, 0.25) is 0 Å². The van der Waals surface area contributed by atoms with E-state index in [9.17, 15) is 9.18 Å². The van der Waals surface area contributed by atoms with Crippen molar-refractivity contribution in [2.75, 3.05) is 51.3 Å². The van der Waals surface area contributed by atoms with Crippen molar-refractivity contribution in [2.24, 2.45) is 0 Å². The highest BCUT2D eigenvalue weighted by Crippen LogP contribution is 2.29. The van der Waals surface area contributed by atoms with Crippen LogP contribution in [0.4, 0.5) is 10.1 Å². The van der Waals surface area contributed by atoms with E-state index in [4.69, 9.17) is 4.74 Å². The van der Waals surface area contributed by atoms with Gasteiger partial charge in [-0.15, -0.1) is 0 Å². The molecule has 1 aliphatic rings. The summed E-state index contributed by atoms with van der Waals surface area (Å²) >= 11 is 0. The lowest BCUT2D eigenvalue weighted by Crippen LogP contribution is -2.50. The summed E-state index contributed by atoms with van der Waals surface area (Å²) in [6.45, 7) is 8.35. The van der Waals surface area contributed by atoms with E-state index in [2.05, 4.69) is 15.9 Å². The normalized spacial score (nSPS) is 15.8. The van der Waals surface area contributed by atoms with E-state index in [0.717, 1.165) is 43.2 Å². The Labute approximate surface area is 172 Å². The molecule has 2 aromatic carbocycles. The molecule has 1 heterocycles. The highest BCUT2D eigenvalue weighted by atomic mass is 19.1. The molecule has 1 unspecified atom stereocenters. The summed E-state index contributed by atoms with van der Waals surface area (Å²) in [6.07, 6.45) is 0. The second-order valence-corrected chi connectivity index (χ2v) is 7.40. The number of likely N-dealkylation sites (N-methyl/N-ethyl adjacent to an activating group) is 1. The molecule has 0 radical (unpaired) electrons. The topological polar surface area (TPSA) is 36.0 Å². The van der Waals surface area contributed by atoms with Crippen molar-refractivity contribution in [1.29, 1.82) is 0 Å². The van der Waals surface area contributed by atoms with Gasteiger partial charge in [0.1, 0.15) is 11.6 Å². The summed E-state index contributed by atoms with van der Waals surface area (Å²) in [4.78, 5) is 19.0. The molecule has 3 rings (SSSR count).